The van der Waals surface area contributed by atoms with E-state index in [-0.39, 0.29) is 23.6 Å². The van der Waals surface area contributed by atoms with Crippen LogP contribution in [0.2, 0.25) is 0 Å². The lowest BCUT2D eigenvalue weighted by atomic mass is 9.86. The van der Waals surface area contributed by atoms with Gasteiger partial charge in [-0.2, -0.15) is 11.8 Å². The van der Waals surface area contributed by atoms with Gasteiger partial charge in [0, 0.05) is 12.6 Å². The zero-order chi connectivity index (χ0) is 14.3. The Balaban J connectivity index is 2.45. The highest BCUT2D eigenvalue weighted by atomic mass is 32.2. The molecular weight excluding hydrogens is 260 g/mol. The number of carbonyl (C=O) groups excluding carboxylic acids is 1. The summed E-state index contributed by atoms with van der Waals surface area (Å²) >= 11 is 1.72. The molecule has 112 valence electrons. The summed E-state index contributed by atoms with van der Waals surface area (Å²) < 4.78 is 5.92. The predicted octanol–water partition coefficient (Wildman–Crippen LogP) is 1.92. The number of hydrogen-bond acceptors (Lipinski definition) is 4. The van der Waals surface area contributed by atoms with Crippen LogP contribution in [0, 0.1) is 0 Å². The molecule has 0 bridgehead atoms. The summed E-state index contributed by atoms with van der Waals surface area (Å²) in [5.74, 6) is 0.915. The molecule has 4 nitrogen and oxygen atoms in total. The van der Waals surface area contributed by atoms with Crippen LogP contribution in [0.25, 0.3) is 0 Å². The molecule has 5 heteroatoms. The van der Waals surface area contributed by atoms with E-state index in [2.05, 4.69) is 19.2 Å². The molecule has 1 aliphatic heterocycles. The van der Waals surface area contributed by atoms with Crippen LogP contribution >= 0.6 is 11.8 Å². The quantitative estimate of drug-likeness (QED) is 0.751. The van der Waals surface area contributed by atoms with Crippen LogP contribution in [0.1, 0.15) is 46.0 Å². The van der Waals surface area contributed by atoms with Crippen molar-refractivity contribution in [3.05, 3.63) is 0 Å². The third-order valence-electron chi connectivity index (χ3n) is 4.10. The van der Waals surface area contributed by atoms with E-state index in [1.165, 1.54) is 0 Å². The van der Waals surface area contributed by atoms with Crippen LogP contribution in [0.4, 0.5) is 0 Å². The number of thioether (sulfide) groups is 1. The second kappa shape index (κ2) is 8.12. The number of hydrogen-bond donors (Lipinski definition) is 2. The lowest BCUT2D eigenvalue weighted by Crippen LogP contribution is -2.51. The maximum Gasteiger partial charge on any atom is 0.237 e. The van der Waals surface area contributed by atoms with Gasteiger partial charge in [0.1, 0.15) is 0 Å². The van der Waals surface area contributed by atoms with Crippen LogP contribution in [-0.4, -0.2) is 42.2 Å². The highest BCUT2D eigenvalue weighted by Crippen LogP contribution is 2.31. The number of ether oxygens (including phenoxy) is 1. The molecule has 1 rings (SSSR count). The van der Waals surface area contributed by atoms with Gasteiger partial charge in [-0.1, -0.05) is 13.8 Å². The lowest BCUT2D eigenvalue weighted by Gasteiger charge is -2.40. The van der Waals surface area contributed by atoms with Crippen LogP contribution in [0.3, 0.4) is 0 Å². The summed E-state index contributed by atoms with van der Waals surface area (Å²) in [5.41, 5.74) is 5.84. The van der Waals surface area contributed by atoms with Crippen LogP contribution in [0.15, 0.2) is 0 Å². The zero-order valence-corrected chi connectivity index (χ0v) is 13.2. The molecule has 0 saturated carbocycles. The van der Waals surface area contributed by atoms with Gasteiger partial charge in [-0.05, 0) is 44.1 Å². The molecule has 0 aromatic carbocycles. The summed E-state index contributed by atoms with van der Waals surface area (Å²) in [6.45, 7) is 5.03. The highest BCUT2D eigenvalue weighted by Gasteiger charge is 2.35. The van der Waals surface area contributed by atoms with Crippen molar-refractivity contribution in [2.24, 2.45) is 5.73 Å². The molecule has 1 aliphatic rings. The fourth-order valence-electron chi connectivity index (χ4n) is 2.58. The van der Waals surface area contributed by atoms with E-state index in [0.717, 1.165) is 44.5 Å². The zero-order valence-electron chi connectivity index (χ0n) is 12.4. The van der Waals surface area contributed by atoms with Gasteiger partial charge in [0.15, 0.2) is 0 Å². The minimum atomic E-state index is -0.382. The Bertz CT molecular complexity index is 283. The van der Waals surface area contributed by atoms with Crippen molar-refractivity contribution in [2.75, 3.05) is 18.6 Å². The van der Waals surface area contributed by atoms with E-state index in [4.69, 9.17) is 10.5 Å². The molecule has 2 atom stereocenters. The Morgan fingerprint density at radius 3 is 2.79 bits per heavy atom. The van der Waals surface area contributed by atoms with Gasteiger partial charge >= 0.3 is 0 Å². The van der Waals surface area contributed by atoms with Crippen molar-refractivity contribution >= 4 is 17.7 Å². The normalized spacial score (nSPS) is 23.9. The van der Waals surface area contributed by atoms with E-state index in [1.807, 2.05) is 6.26 Å². The van der Waals surface area contributed by atoms with Crippen molar-refractivity contribution in [3.8, 4) is 0 Å². The van der Waals surface area contributed by atoms with Crippen molar-refractivity contribution in [2.45, 2.75) is 63.6 Å². The summed E-state index contributed by atoms with van der Waals surface area (Å²) in [6, 6.07) is -0.172. The van der Waals surface area contributed by atoms with Crippen molar-refractivity contribution in [3.63, 3.8) is 0 Å². The first-order valence-corrected chi connectivity index (χ1v) is 8.65. The third-order valence-corrected chi connectivity index (χ3v) is 4.74. The molecule has 1 amide bonds. The van der Waals surface area contributed by atoms with Gasteiger partial charge in [-0.25, -0.2) is 0 Å². The molecule has 1 fully saturated rings. The molecule has 3 N–H and O–H groups in total. The van der Waals surface area contributed by atoms with Crippen LogP contribution < -0.4 is 11.1 Å². The van der Waals surface area contributed by atoms with Crippen molar-refractivity contribution in [1.29, 1.82) is 0 Å². The summed E-state index contributed by atoms with van der Waals surface area (Å²) in [5, 5.41) is 3.10. The molecule has 0 spiro atoms. The Labute approximate surface area is 121 Å². The molecule has 1 heterocycles. The molecule has 19 heavy (non-hydrogen) atoms. The standard InChI is InChI=1S/C14H28N2O2S/c1-4-14(5-2)10-11(6-8-18-14)16-13(17)12(15)7-9-19-3/h11-12H,4-10,15H2,1-3H3,(H,16,17)/t11?,12-/m0/s1. The first-order valence-electron chi connectivity index (χ1n) is 7.25. The number of nitrogens with one attached hydrogen (secondary N) is 1. The van der Waals surface area contributed by atoms with Gasteiger partial charge in [0.05, 0.1) is 11.6 Å². The third kappa shape index (κ3) is 4.97. The first-order chi connectivity index (χ1) is 9.06. The minimum absolute atomic E-state index is 0.0120. The molecular formula is C14H28N2O2S. The molecule has 0 radical (unpaired) electrons. The number of amides is 1. The average molecular weight is 288 g/mol. The first kappa shape index (κ1) is 16.8. The van der Waals surface area contributed by atoms with Gasteiger partial charge in [-0.15, -0.1) is 0 Å². The topological polar surface area (TPSA) is 64.4 Å². The highest BCUT2D eigenvalue weighted by molar-refractivity contribution is 7.98. The predicted molar refractivity (Wildman–Crippen MR) is 81.4 cm³/mol. The van der Waals surface area contributed by atoms with E-state index >= 15 is 0 Å². The van der Waals surface area contributed by atoms with E-state index in [0.29, 0.717) is 0 Å². The number of rotatable bonds is 7. The van der Waals surface area contributed by atoms with Gasteiger partial charge in [0.25, 0.3) is 0 Å². The average Bonchev–Trinajstić information content (AvgIpc) is 2.44. The largest absolute Gasteiger partial charge is 0.375 e. The molecule has 1 unspecified atom stereocenters. The van der Waals surface area contributed by atoms with Gasteiger partial charge < -0.3 is 15.8 Å². The van der Waals surface area contributed by atoms with Gasteiger partial charge in [0.2, 0.25) is 5.91 Å². The van der Waals surface area contributed by atoms with E-state index in [9.17, 15) is 4.79 Å². The fraction of sp³-hybridized carbons (Fsp3) is 0.929. The SMILES string of the molecule is CCC1(CC)CC(NC(=O)[C@@H](N)CCSC)CCO1. The van der Waals surface area contributed by atoms with Crippen LogP contribution in [0.5, 0.6) is 0 Å². The smallest absolute Gasteiger partial charge is 0.237 e. The minimum Gasteiger partial charge on any atom is -0.375 e. The molecule has 0 aromatic heterocycles. The Morgan fingerprint density at radius 1 is 1.53 bits per heavy atom. The van der Waals surface area contributed by atoms with Crippen LogP contribution in [-0.2, 0) is 9.53 Å². The monoisotopic (exact) mass is 288 g/mol. The molecule has 0 aliphatic carbocycles. The molecule has 0 aromatic rings. The van der Waals surface area contributed by atoms with E-state index in [1.54, 1.807) is 11.8 Å². The summed E-state index contributed by atoms with van der Waals surface area (Å²) in [4.78, 5) is 12.0. The van der Waals surface area contributed by atoms with Crippen molar-refractivity contribution < 1.29 is 9.53 Å². The Kier molecular flexibility index (Phi) is 7.18. The second-order valence-electron chi connectivity index (χ2n) is 5.32. The maximum absolute atomic E-state index is 12.0. The second-order valence-corrected chi connectivity index (χ2v) is 6.31. The number of carbonyl (C=O) groups is 1. The fourth-order valence-corrected chi connectivity index (χ4v) is 3.07. The lowest BCUT2D eigenvalue weighted by molar-refractivity contribution is -0.127. The van der Waals surface area contributed by atoms with E-state index < -0.39 is 0 Å². The van der Waals surface area contributed by atoms with Crippen molar-refractivity contribution in [1.82, 2.24) is 5.32 Å². The number of nitrogens with two attached hydrogens (primary N) is 1. The maximum atomic E-state index is 12.0. The Hall–Kier alpha value is -0.260. The Morgan fingerprint density at radius 2 is 2.21 bits per heavy atom. The molecule has 1 saturated heterocycles. The summed E-state index contributed by atoms with van der Waals surface area (Å²) in [7, 11) is 0. The summed E-state index contributed by atoms with van der Waals surface area (Å²) in [6.07, 6.45) is 6.55. The van der Waals surface area contributed by atoms with Gasteiger partial charge in [-0.3, -0.25) is 4.79 Å².